The van der Waals surface area contributed by atoms with Gasteiger partial charge in [-0.15, -0.1) is 0 Å². The summed E-state index contributed by atoms with van der Waals surface area (Å²) in [4.78, 5) is 12.8. The average Bonchev–Trinajstić information content (AvgIpc) is 2.26. The Balaban J connectivity index is 3.55. The van der Waals surface area contributed by atoms with Crippen LogP contribution in [0.3, 0.4) is 0 Å². The van der Waals surface area contributed by atoms with Crippen LogP contribution in [-0.4, -0.2) is 24.9 Å². The fraction of sp³-hybridized carbons (Fsp3) is 0.462. The predicted octanol–water partition coefficient (Wildman–Crippen LogP) is 3.67. The summed E-state index contributed by atoms with van der Waals surface area (Å²) in [5.74, 6) is -2.54. The first kappa shape index (κ1) is 15.5. The van der Waals surface area contributed by atoms with Crippen molar-refractivity contribution in [3.63, 3.8) is 0 Å². The van der Waals surface area contributed by atoms with Gasteiger partial charge in [0.2, 0.25) is 0 Å². The molecule has 1 aromatic carbocycles. The number of carbonyl (C=O) groups is 1. The van der Waals surface area contributed by atoms with E-state index in [9.17, 15) is 22.4 Å². The molecule has 0 spiro atoms. The summed E-state index contributed by atoms with van der Waals surface area (Å²) in [5, 5.41) is 0. The molecule has 1 rings (SSSR count). The number of carbonyl (C=O) groups excluding carboxylic acids is 1. The molecule has 0 atom stereocenters. The van der Waals surface area contributed by atoms with Gasteiger partial charge in [0.1, 0.15) is 5.82 Å². The standard InChI is InChI=1S/C13H15F4NO/c1-7(2)8-5-9(12(19)18(3)4)11(14)10(6-8)13(15,16)17/h5-7H,1-4H3. The van der Waals surface area contributed by atoms with Crippen molar-refractivity contribution in [3.8, 4) is 0 Å². The Bertz CT molecular complexity index is 492. The Hall–Kier alpha value is -1.59. The smallest absolute Gasteiger partial charge is 0.345 e. The van der Waals surface area contributed by atoms with Crippen molar-refractivity contribution in [3.05, 3.63) is 34.6 Å². The van der Waals surface area contributed by atoms with E-state index in [0.29, 0.717) is 0 Å². The highest BCUT2D eigenvalue weighted by molar-refractivity contribution is 5.94. The van der Waals surface area contributed by atoms with Gasteiger partial charge in [0, 0.05) is 14.1 Å². The number of amides is 1. The van der Waals surface area contributed by atoms with Crippen LogP contribution in [0.25, 0.3) is 0 Å². The Kier molecular flexibility index (Phi) is 4.22. The minimum atomic E-state index is -4.82. The van der Waals surface area contributed by atoms with Crippen LogP contribution in [0.1, 0.15) is 41.3 Å². The largest absolute Gasteiger partial charge is 0.419 e. The maximum absolute atomic E-state index is 13.9. The van der Waals surface area contributed by atoms with Crippen LogP contribution in [0, 0.1) is 5.82 Å². The number of rotatable bonds is 2. The van der Waals surface area contributed by atoms with Crippen molar-refractivity contribution in [2.75, 3.05) is 14.1 Å². The molecular formula is C13H15F4NO. The molecule has 0 aliphatic carbocycles. The molecule has 0 bridgehead atoms. The minimum absolute atomic E-state index is 0.240. The van der Waals surface area contributed by atoms with Crippen molar-refractivity contribution in [1.29, 1.82) is 0 Å². The van der Waals surface area contributed by atoms with Crippen molar-refractivity contribution in [2.45, 2.75) is 25.9 Å². The first-order valence-corrected chi connectivity index (χ1v) is 5.68. The highest BCUT2D eigenvalue weighted by atomic mass is 19.4. The SMILES string of the molecule is CC(C)c1cc(C(=O)N(C)C)c(F)c(C(F)(F)F)c1. The summed E-state index contributed by atoms with van der Waals surface area (Å²) in [6, 6.07) is 1.93. The van der Waals surface area contributed by atoms with Gasteiger partial charge in [-0.25, -0.2) is 4.39 Å². The van der Waals surface area contributed by atoms with Gasteiger partial charge in [-0.3, -0.25) is 4.79 Å². The van der Waals surface area contributed by atoms with E-state index in [1.54, 1.807) is 13.8 Å². The van der Waals surface area contributed by atoms with Gasteiger partial charge in [-0.05, 0) is 23.6 Å². The van der Waals surface area contributed by atoms with E-state index < -0.39 is 29.0 Å². The fourth-order valence-corrected chi connectivity index (χ4v) is 1.58. The molecule has 0 saturated heterocycles. The second-order valence-corrected chi connectivity index (χ2v) is 4.78. The second-order valence-electron chi connectivity index (χ2n) is 4.78. The molecule has 1 aromatic rings. The number of hydrogen-bond acceptors (Lipinski definition) is 1. The lowest BCUT2D eigenvalue weighted by Gasteiger charge is -2.17. The summed E-state index contributed by atoms with van der Waals surface area (Å²) in [6.45, 7) is 3.36. The number of halogens is 4. The maximum Gasteiger partial charge on any atom is 0.419 e. The van der Waals surface area contributed by atoms with Crippen LogP contribution in [0.2, 0.25) is 0 Å². The molecule has 0 aliphatic heterocycles. The minimum Gasteiger partial charge on any atom is -0.345 e. The van der Waals surface area contributed by atoms with Gasteiger partial charge in [0.15, 0.2) is 0 Å². The molecule has 0 unspecified atom stereocenters. The summed E-state index contributed by atoms with van der Waals surface area (Å²) < 4.78 is 52.2. The van der Waals surface area contributed by atoms with Gasteiger partial charge in [0.25, 0.3) is 5.91 Å². The molecule has 2 nitrogen and oxygen atoms in total. The van der Waals surface area contributed by atoms with Gasteiger partial charge in [-0.2, -0.15) is 13.2 Å². The first-order chi connectivity index (χ1) is 8.55. The molecule has 0 aliphatic rings. The lowest BCUT2D eigenvalue weighted by molar-refractivity contribution is -0.140. The van der Waals surface area contributed by atoms with Crippen molar-refractivity contribution in [1.82, 2.24) is 4.90 Å². The molecule has 0 heterocycles. The van der Waals surface area contributed by atoms with Crippen LogP contribution >= 0.6 is 0 Å². The quantitative estimate of drug-likeness (QED) is 0.755. The molecule has 0 N–H and O–H groups in total. The molecule has 0 radical (unpaired) electrons. The fourth-order valence-electron chi connectivity index (χ4n) is 1.58. The third kappa shape index (κ3) is 3.24. The molecule has 6 heteroatoms. The number of hydrogen-bond donors (Lipinski definition) is 0. The number of benzene rings is 1. The third-order valence-corrected chi connectivity index (χ3v) is 2.70. The van der Waals surface area contributed by atoms with E-state index in [1.165, 1.54) is 20.2 Å². The molecule has 0 aromatic heterocycles. The van der Waals surface area contributed by atoms with Crippen LogP contribution in [0.15, 0.2) is 12.1 Å². The lowest BCUT2D eigenvalue weighted by atomic mass is 9.96. The zero-order valence-electron chi connectivity index (χ0n) is 11.1. The van der Waals surface area contributed by atoms with E-state index >= 15 is 0 Å². The average molecular weight is 277 g/mol. The summed E-state index contributed by atoms with van der Waals surface area (Å²) in [5.41, 5.74) is -1.67. The lowest BCUT2D eigenvalue weighted by Crippen LogP contribution is -2.24. The molecule has 106 valence electrons. The predicted molar refractivity (Wildman–Crippen MR) is 63.5 cm³/mol. The van der Waals surface area contributed by atoms with Crippen molar-refractivity contribution < 1.29 is 22.4 Å². The molecule has 19 heavy (non-hydrogen) atoms. The zero-order chi connectivity index (χ0) is 15.0. The van der Waals surface area contributed by atoms with E-state index in [0.717, 1.165) is 11.0 Å². The summed E-state index contributed by atoms with van der Waals surface area (Å²) in [6.07, 6.45) is -4.82. The van der Waals surface area contributed by atoms with Crippen LogP contribution in [0.4, 0.5) is 17.6 Å². The van der Waals surface area contributed by atoms with Crippen molar-refractivity contribution >= 4 is 5.91 Å². The second kappa shape index (κ2) is 5.19. The highest BCUT2D eigenvalue weighted by Crippen LogP contribution is 2.35. The third-order valence-electron chi connectivity index (χ3n) is 2.70. The monoisotopic (exact) mass is 277 g/mol. The zero-order valence-corrected chi connectivity index (χ0v) is 11.1. The summed E-state index contributed by atoms with van der Waals surface area (Å²) in [7, 11) is 2.72. The topological polar surface area (TPSA) is 20.3 Å². The van der Waals surface area contributed by atoms with Crippen LogP contribution < -0.4 is 0 Å². The van der Waals surface area contributed by atoms with E-state index in [1.807, 2.05) is 0 Å². The Labute approximate surface area is 109 Å². The summed E-state index contributed by atoms with van der Waals surface area (Å²) >= 11 is 0. The van der Waals surface area contributed by atoms with Crippen molar-refractivity contribution in [2.24, 2.45) is 0 Å². The van der Waals surface area contributed by atoms with Crippen LogP contribution in [-0.2, 0) is 6.18 Å². The Morgan fingerprint density at radius 3 is 2.11 bits per heavy atom. The van der Waals surface area contributed by atoms with E-state index in [-0.39, 0.29) is 11.5 Å². The normalized spacial score (nSPS) is 11.8. The molecular weight excluding hydrogens is 262 g/mol. The van der Waals surface area contributed by atoms with Gasteiger partial charge >= 0.3 is 6.18 Å². The first-order valence-electron chi connectivity index (χ1n) is 5.68. The van der Waals surface area contributed by atoms with Gasteiger partial charge < -0.3 is 4.90 Å². The van der Waals surface area contributed by atoms with Gasteiger partial charge in [0.05, 0.1) is 11.1 Å². The van der Waals surface area contributed by atoms with E-state index in [2.05, 4.69) is 0 Å². The molecule has 0 saturated carbocycles. The van der Waals surface area contributed by atoms with E-state index in [4.69, 9.17) is 0 Å². The number of nitrogens with zero attached hydrogens (tertiary/aromatic N) is 1. The highest BCUT2D eigenvalue weighted by Gasteiger charge is 2.37. The Morgan fingerprint density at radius 1 is 1.21 bits per heavy atom. The number of alkyl halides is 3. The van der Waals surface area contributed by atoms with Gasteiger partial charge in [-0.1, -0.05) is 13.8 Å². The maximum atomic E-state index is 13.9. The molecule has 0 fully saturated rings. The van der Waals surface area contributed by atoms with Crippen LogP contribution in [0.5, 0.6) is 0 Å². The molecule has 1 amide bonds. The Morgan fingerprint density at radius 2 is 1.74 bits per heavy atom.